The van der Waals surface area contributed by atoms with Gasteiger partial charge in [0.15, 0.2) is 0 Å². The topological polar surface area (TPSA) is 87.7 Å². The summed E-state index contributed by atoms with van der Waals surface area (Å²) in [5, 5.41) is 20.9. The molecular weight excluding hydrogens is 356 g/mol. The van der Waals surface area contributed by atoms with E-state index in [0.29, 0.717) is 16.5 Å². The molecule has 0 saturated heterocycles. The lowest BCUT2D eigenvalue weighted by Gasteiger charge is -2.19. The van der Waals surface area contributed by atoms with Gasteiger partial charge in [0.25, 0.3) is 0 Å². The summed E-state index contributed by atoms with van der Waals surface area (Å²) in [7, 11) is 0. The third-order valence-corrected chi connectivity index (χ3v) is 5.41. The van der Waals surface area contributed by atoms with Gasteiger partial charge in [-0.15, -0.1) is 0 Å². The number of aliphatic carboxylic acids is 1. The Kier molecular flexibility index (Phi) is 5.27. The molecule has 3 rings (SSSR count). The van der Waals surface area contributed by atoms with Crippen LogP contribution in [0.2, 0.25) is 0 Å². The van der Waals surface area contributed by atoms with Crippen LogP contribution in [0, 0.1) is 20.8 Å². The zero-order valence-electron chi connectivity index (χ0n) is 16.5. The number of aromatic hydroxyl groups is 1. The fourth-order valence-corrected chi connectivity index (χ4v) is 3.71. The highest BCUT2D eigenvalue weighted by Gasteiger charge is 2.28. The zero-order chi connectivity index (χ0) is 20.6. The zero-order valence-corrected chi connectivity index (χ0v) is 16.5. The number of hydrogen-bond donors (Lipinski definition) is 2. The minimum absolute atomic E-state index is 0.00879. The van der Waals surface area contributed by atoms with Crippen molar-refractivity contribution >= 4 is 16.9 Å². The smallest absolute Gasteiger partial charge is 0.343 e. The molecule has 1 heterocycles. The maximum absolute atomic E-state index is 12.8. The Morgan fingerprint density at radius 2 is 1.75 bits per heavy atom. The fraction of sp³-hybridized carbons (Fsp3) is 0.304. The molecule has 28 heavy (non-hydrogen) atoms. The number of fused-ring (bicyclic) bond motifs is 1. The number of rotatable bonds is 5. The van der Waals surface area contributed by atoms with Crippen LogP contribution < -0.4 is 5.63 Å². The van der Waals surface area contributed by atoms with Crippen LogP contribution in [0.15, 0.2) is 39.5 Å². The number of carboxylic acid groups (broad SMARTS) is 1. The van der Waals surface area contributed by atoms with Crippen LogP contribution in [0.25, 0.3) is 11.0 Å². The van der Waals surface area contributed by atoms with Gasteiger partial charge in [0, 0.05) is 5.92 Å². The monoisotopic (exact) mass is 380 g/mol. The molecule has 0 spiro atoms. The van der Waals surface area contributed by atoms with E-state index in [1.165, 1.54) is 0 Å². The van der Waals surface area contributed by atoms with Gasteiger partial charge in [-0.3, -0.25) is 4.79 Å². The third kappa shape index (κ3) is 3.40. The van der Waals surface area contributed by atoms with Crippen LogP contribution in [0.4, 0.5) is 0 Å². The number of carbonyl (C=O) groups is 1. The molecule has 1 unspecified atom stereocenters. The molecule has 5 heteroatoms. The normalized spacial score (nSPS) is 12.3. The Hall–Kier alpha value is -3.08. The number of benzene rings is 2. The molecule has 1 aromatic heterocycles. The van der Waals surface area contributed by atoms with Gasteiger partial charge < -0.3 is 14.6 Å². The minimum atomic E-state index is -1.06. The average Bonchev–Trinajstić information content (AvgIpc) is 2.64. The summed E-state index contributed by atoms with van der Waals surface area (Å²) in [5.41, 5.74) is 3.90. The Morgan fingerprint density at radius 3 is 2.32 bits per heavy atom. The van der Waals surface area contributed by atoms with Crippen molar-refractivity contribution < 1.29 is 19.4 Å². The van der Waals surface area contributed by atoms with Gasteiger partial charge in [0.05, 0.1) is 17.4 Å². The first kappa shape index (κ1) is 19.7. The first-order chi connectivity index (χ1) is 13.2. The second kappa shape index (κ2) is 7.50. The molecule has 2 N–H and O–H groups in total. The van der Waals surface area contributed by atoms with Crippen molar-refractivity contribution in [3.05, 3.63) is 74.1 Å². The molecule has 3 aromatic rings. The quantitative estimate of drug-likeness (QED) is 0.632. The molecule has 5 nitrogen and oxygen atoms in total. The molecular formula is C23H24O5. The van der Waals surface area contributed by atoms with E-state index in [1.54, 1.807) is 0 Å². The van der Waals surface area contributed by atoms with E-state index in [-0.39, 0.29) is 17.7 Å². The van der Waals surface area contributed by atoms with E-state index in [1.807, 2.05) is 58.0 Å². The molecule has 0 saturated carbocycles. The molecule has 1 atom stereocenters. The molecule has 0 aliphatic carbocycles. The Labute approximate surface area is 163 Å². The number of aryl methyl sites for hydroxylation is 4. The van der Waals surface area contributed by atoms with Crippen molar-refractivity contribution in [1.29, 1.82) is 0 Å². The van der Waals surface area contributed by atoms with E-state index >= 15 is 0 Å². The van der Waals surface area contributed by atoms with Crippen LogP contribution in [0.5, 0.6) is 5.75 Å². The van der Waals surface area contributed by atoms with Crippen LogP contribution >= 0.6 is 0 Å². The Bertz CT molecular complexity index is 1110. The molecule has 0 fully saturated rings. The lowest BCUT2D eigenvalue weighted by molar-refractivity contribution is -0.137. The van der Waals surface area contributed by atoms with E-state index in [0.717, 1.165) is 28.7 Å². The second-order valence-corrected chi connectivity index (χ2v) is 7.24. The van der Waals surface area contributed by atoms with Crippen molar-refractivity contribution in [3.8, 4) is 5.75 Å². The van der Waals surface area contributed by atoms with E-state index < -0.39 is 17.5 Å². The van der Waals surface area contributed by atoms with Gasteiger partial charge in [-0.05, 0) is 55.0 Å². The minimum Gasteiger partial charge on any atom is -0.507 e. The summed E-state index contributed by atoms with van der Waals surface area (Å²) in [6, 6.07) is 9.35. The van der Waals surface area contributed by atoms with Gasteiger partial charge in [0.2, 0.25) is 0 Å². The predicted molar refractivity (Wildman–Crippen MR) is 108 cm³/mol. The summed E-state index contributed by atoms with van der Waals surface area (Å²) in [6.07, 6.45) is 0.532. The van der Waals surface area contributed by atoms with Gasteiger partial charge >= 0.3 is 11.6 Å². The molecule has 0 radical (unpaired) electrons. The highest BCUT2D eigenvalue weighted by molar-refractivity contribution is 5.91. The van der Waals surface area contributed by atoms with Gasteiger partial charge in [0.1, 0.15) is 11.3 Å². The van der Waals surface area contributed by atoms with Crippen LogP contribution in [0.1, 0.15) is 52.6 Å². The van der Waals surface area contributed by atoms with Crippen molar-refractivity contribution in [3.63, 3.8) is 0 Å². The Morgan fingerprint density at radius 1 is 1.11 bits per heavy atom. The van der Waals surface area contributed by atoms with Gasteiger partial charge in [-0.25, -0.2) is 4.79 Å². The van der Waals surface area contributed by atoms with Gasteiger partial charge in [-0.2, -0.15) is 0 Å². The molecule has 0 aliphatic heterocycles. The number of carboxylic acids is 1. The Balaban J connectivity index is 2.30. The SMILES string of the molecule is CCc1ccc(C(CC(=O)O)c2c(O)c3c(C)cc(C)c(C)c3oc2=O)cc1. The fourth-order valence-electron chi connectivity index (χ4n) is 3.71. The molecule has 2 aromatic carbocycles. The van der Waals surface area contributed by atoms with Gasteiger partial charge in [-0.1, -0.05) is 37.3 Å². The van der Waals surface area contributed by atoms with Crippen LogP contribution in [-0.2, 0) is 11.2 Å². The third-order valence-electron chi connectivity index (χ3n) is 5.41. The average molecular weight is 380 g/mol. The largest absolute Gasteiger partial charge is 0.507 e. The van der Waals surface area contributed by atoms with Crippen molar-refractivity contribution in [2.24, 2.45) is 0 Å². The summed E-state index contributed by atoms with van der Waals surface area (Å²) in [6.45, 7) is 7.60. The van der Waals surface area contributed by atoms with Crippen LogP contribution in [0.3, 0.4) is 0 Å². The van der Waals surface area contributed by atoms with Crippen molar-refractivity contribution in [1.82, 2.24) is 0 Å². The van der Waals surface area contributed by atoms with E-state index in [9.17, 15) is 19.8 Å². The molecule has 0 aliphatic rings. The number of hydrogen-bond acceptors (Lipinski definition) is 4. The summed E-state index contributed by atoms with van der Waals surface area (Å²) in [4.78, 5) is 24.3. The highest BCUT2D eigenvalue weighted by atomic mass is 16.4. The standard InChI is InChI=1S/C23H24O5/c1-5-15-6-8-16(9-7-15)17(11-18(24)25)20-21(26)19-13(3)10-12(2)14(4)22(19)28-23(20)27/h6-10,17,26H,5,11H2,1-4H3,(H,24,25). The maximum atomic E-state index is 12.8. The van der Waals surface area contributed by atoms with Crippen molar-refractivity contribution in [2.75, 3.05) is 0 Å². The van der Waals surface area contributed by atoms with Crippen LogP contribution in [-0.4, -0.2) is 16.2 Å². The molecule has 0 bridgehead atoms. The highest BCUT2D eigenvalue weighted by Crippen LogP contribution is 2.39. The van der Waals surface area contributed by atoms with Crippen molar-refractivity contribution in [2.45, 2.75) is 46.5 Å². The predicted octanol–water partition coefficient (Wildman–Crippen LogP) is 4.59. The lowest BCUT2D eigenvalue weighted by atomic mass is 9.87. The maximum Gasteiger partial charge on any atom is 0.343 e. The lowest BCUT2D eigenvalue weighted by Crippen LogP contribution is -2.17. The summed E-state index contributed by atoms with van der Waals surface area (Å²) >= 11 is 0. The van der Waals surface area contributed by atoms with E-state index in [4.69, 9.17) is 4.42 Å². The summed E-state index contributed by atoms with van der Waals surface area (Å²) < 4.78 is 5.59. The molecule has 146 valence electrons. The molecule has 0 amide bonds. The first-order valence-electron chi connectivity index (χ1n) is 9.31. The second-order valence-electron chi connectivity index (χ2n) is 7.24. The first-order valence-corrected chi connectivity index (χ1v) is 9.31. The summed E-state index contributed by atoms with van der Waals surface area (Å²) in [5.74, 6) is -2.05. The van der Waals surface area contributed by atoms with E-state index in [2.05, 4.69) is 0 Å².